The number of carbonyl (C=O) groups excluding carboxylic acids is 2. The average molecular weight is 469 g/mol. The molecule has 22 heavy (non-hydrogen) atoms. The monoisotopic (exact) mass is 468 g/mol. The van der Waals surface area contributed by atoms with Crippen LogP contribution in [0.5, 0.6) is 0 Å². The Labute approximate surface area is 241 Å². The van der Waals surface area contributed by atoms with Crippen molar-refractivity contribution >= 4 is 93.8 Å². The number of thioether (sulfide) groups is 2. The molecule has 16 heteroatoms. The first kappa shape index (κ1) is 27.5. The Morgan fingerprint density at radius 3 is 1.27 bits per heavy atom. The molecule has 0 aromatic heterocycles. The summed E-state index contributed by atoms with van der Waals surface area (Å²) >= 11 is 18.6. The van der Waals surface area contributed by atoms with Crippen LogP contribution < -0.4 is 135 Å². The molecule has 0 bridgehead atoms. The number of thiol groups is 2. The van der Waals surface area contributed by atoms with Crippen molar-refractivity contribution in [1.29, 1.82) is 0 Å². The fourth-order valence-electron chi connectivity index (χ4n) is 0.827. The van der Waals surface area contributed by atoms with Crippen LogP contribution in [0.15, 0.2) is 0 Å². The second-order valence-corrected chi connectivity index (χ2v) is 8.87. The third-order valence-electron chi connectivity index (χ3n) is 1.70. The van der Waals surface area contributed by atoms with Crippen LogP contribution in [-0.4, -0.2) is 29.0 Å². The Kier molecular flexibility index (Phi) is 14.9. The molecule has 8 nitrogen and oxygen atoms in total. The number of rotatable bonds is 2. The third-order valence-corrected chi connectivity index (χ3v) is 5.25. The number of aliphatic carboxylic acids is 2. The molecular formula is C6H6K2N4O4S6. The van der Waals surface area contributed by atoms with Gasteiger partial charge < -0.3 is 30.7 Å². The van der Waals surface area contributed by atoms with Gasteiger partial charge in [0.25, 0.3) is 0 Å². The molecule has 2 rings (SSSR count). The van der Waals surface area contributed by atoms with Crippen molar-refractivity contribution in [2.75, 3.05) is 0 Å². The van der Waals surface area contributed by atoms with Crippen molar-refractivity contribution in [3.05, 3.63) is 0 Å². The number of hydrogen-bond donors (Lipinski definition) is 6. The molecule has 0 saturated carbocycles. The normalized spacial score (nSPS) is 29.0. The maximum atomic E-state index is 10.3. The molecule has 2 aliphatic heterocycles. The van der Waals surface area contributed by atoms with Crippen LogP contribution in [0.4, 0.5) is 0 Å². The second-order valence-electron chi connectivity index (χ2n) is 3.14. The molecule has 0 amide bonds. The van der Waals surface area contributed by atoms with Crippen LogP contribution in [0, 0.1) is 0 Å². The number of hydrazine groups is 2. The molecule has 2 heterocycles. The average Bonchev–Trinajstić information content (AvgIpc) is 2.85. The molecule has 4 N–H and O–H groups in total. The van der Waals surface area contributed by atoms with Gasteiger partial charge in [0.2, 0.25) is 0 Å². The van der Waals surface area contributed by atoms with Crippen molar-refractivity contribution in [1.82, 2.24) is 21.7 Å². The number of carboxylic acids is 2. The smallest absolute Gasteiger partial charge is 0.546 e. The summed E-state index contributed by atoms with van der Waals surface area (Å²) in [6.45, 7) is 0. The van der Waals surface area contributed by atoms with Gasteiger partial charge in [-0.15, -0.1) is 25.3 Å². The zero-order valence-corrected chi connectivity index (χ0v) is 22.5. The van der Waals surface area contributed by atoms with Crippen molar-refractivity contribution < 1.29 is 123 Å². The van der Waals surface area contributed by atoms with E-state index in [0.717, 1.165) is 23.5 Å². The maximum absolute atomic E-state index is 10.3. The summed E-state index contributed by atoms with van der Waals surface area (Å²) in [5.41, 5.74) is 9.59. The van der Waals surface area contributed by atoms with E-state index in [9.17, 15) is 19.8 Å². The Bertz CT molecular complexity index is 444. The van der Waals surface area contributed by atoms with Crippen LogP contribution in [0.2, 0.25) is 0 Å². The minimum atomic E-state index is -1.42. The van der Waals surface area contributed by atoms with Gasteiger partial charge in [-0.3, -0.25) is 0 Å². The van der Waals surface area contributed by atoms with Gasteiger partial charge in [-0.25, -0.2) is 10.9 Å². The van der Waals surface area contributed by atoms with Gasteiger partial charge in [0.05, 0.1) is 11.9 Å². The van der Waals surface area contributed by atoms with E-state index in [0.29, 0.717) is 8.64 Å². The molecule has 2 fully saturated rings. The summed E-state index contributed by atoms with van der Waals surface area (Å²) in [4.78, 5) is 20.6. The van der Waals surface area contributed by atoms with Crippen LogP contribution in [0.3, 0.4) is 0 Å². The fraction of sp³-hybridized carbons (Fsp3) is 0.333. The Balaban J connectivity index is 0. The first-order chi connectivity index (χ1) is 9.09. The van der Waals surface area contributed by atoms with Crippen LogP contribution >= 0.6 is 73.2 Å². The summed E-state index contributed by atoms with van der Waals surface area (Å²) in [6.07, 6.45) is 0. The van der Waals surface area contributed by atoms with Gasteiger partial charge in [-0.2, -0.15) is 0 Å². The van der Waals surface area contributed by atoms with E-state index in [-0.39, 0.29) is 103 Å². The SMILES string of the molecule is O=C([O-])C1(S)NNC(=S)S1.O=C([O-])C1(S)NNC(=S)S1.[K+].[K+]. The molecular weight excluding hydrogens is 463 g/mol. The Hall–Kier alpha value is 3.31. The van der Waals surface area contributed by atoms with E-state index >= 15 is 0 Å². The van der Waals surface area contributed by atoms with Gasteiger partial charge in [0, 0.05) is 0 Å². The zero-order chi connectivity index (χ0) is 15.6. The number of carbonyl (C=O) groups is 2. The molecule has 0 aromatic rings. The van der Waals surface area contributed by atoms with Crippen molar-refractivity contribution in [3.8, 4) is 0 Å². The molecule has 0 aliphatic carbocycles. The van der Waals surface area contributed by atoms with E-state index in [4.69, 9.17) is 0 Å². The first-order valence-corrected chi connectivity index (χ1v) is 7.83. The Morgan fingerprint density at radius 1 is 0.909 bits per heavy atom. The zero-order valence-electron chi connectivity index (χ0n) is 11.2. The molecule has 2 unspecified atom stereocenters. The summed E-state index contributed by atoms with van der Waals surface area (Å²) in [6, 6.07) is 0. The van der Waals surface area contributed by atoms with Crippen LogP contribution in [0.25, 0.3) is 0 Å². The van der Waals surface area contributed by atoms with E-state index < -0.39 is 20.3 Å². The van der Waals surface area contributed by atoms with Crippen molar-refractivity contribution in [2.45, 2.75) is 8.41 Å². The van der Waals surface area contributed by atoms with E-state index in [1.807, 2.05) is 0 Å². The number of thiocarbonyl (C=S) groups is 2. The van der Waals surface area contributed by atoms with Gasteiger partial charge in [-0.1, -0.05) is 48.0 Å². The number of nitrogens with one attached hydrogen (secondary N) is 4. The molecule has 0 radical (unpaired) electrons. The van der Waals surface area contributed by atoms with Crippen molar-refractivity contribution in [3.63, 3.8) is 0 Å². The van der Waals surface area contributed by atoms with E-state index in [2.05, 4.69) is 71.4 Å². The number of carboxylic acid groups (broad SMARTS) is 2. The van der Waals surface area contributed by atoms with Gasteiger partial charge in [-0.05, 0) is 0 Å². The van der Waals surface area contributed by atoms with Gasteiger partial charge in [0.1, 0.15) is 0 Å². The molecule has 2 aliphatic rings. The topological polar surface area (TPSA) is 128 Å². The van der Waals surface area contributed by atoms with E-state index in [1.165, 1.54) is 0 Å². The van der Waals surface area contributed by atoms with Crippen LogP contribution in [0.1, 0.15) is 0 Å². The summed E-state index contributed by atoms with van der Waals surface area (Å²) in [7, 11) is 0. The first-order valence-electron chi connectivity index (χ1n) is 4.49. The van der Waals surface area contributed by atoms with Gasteiger partial charge in [0.15, 0.2) is 17.0 Å². The molecule has 0 aromatic carbocycles. The van der Waals surface area contributed by atoms with Crippen LogP contribution in [-0.2, 0) is 9.59 Å². The standard InChI is InChI=1S/2C3H4N2O2S3.2K/c2*6-1(7)3(9)5-4-2(8)10-3;;/h2*5,9H,(H,4,8)(H,6,7);;/q;;2*+1/p-2. The summed E-state index contributed by atoms with van der Waals surface area (Å²) in [5.74, 6) is -2.62. The fourth-order valence-corrected chi connectivity index (χ4v) is 3.82. The largest absolute Gasteiger partial charge is 1.00 e. The second kappa shape index (κ2) is 11.9. The van der Waals surface area contributed by atoms with Crippen molar-refractivity contribution in [2.24, 2.45) is 0 Å². The third kappa shape index (κ3) is 8.34. The van der Waals surface area contributed by atoms with E-state index in [1.54, 1.807) is 0 Å². The maximum Gasteiger partial charge on any atom is 1.00 e. The minimum absolute atomic E-state index is 0. The Morgan fingerprint density at radius 2 is 1.18 bits per heavy atom. The number of hydrogen-bond acceptors (Lipinski definition) is 12. The summed E-state index contributed by atoms with van der Waals surface area (Å²) in [5, 5.41) is 20.6. The molecule has 0 spiro atoms. The quantitative estimate of drug-likeness (QED) is 0.131. The predicted molar refractivity (Wildman–Crippen MR) is 86.4 cm³/mol. The minimum Gasteiger partial charge on any atom is -0.546 e. The molecule has 2 saturated heterocycles. The summed E-state index contributed by atoms with van der Waals surface area (Å²) < 4.78 is -2.15. The predicted octanol–water partition coefficient (Wildman–Crippen LogP) is -9.10. The van der Waals surface area contributed by atoms with Gasteiger partial charge >= 0.3 is 103 Å². The molecule has 112 valence electrons. The molecule has 2 atom stereocenters.